The molecule has 0 aromatic carbocycles. The van der Waals surface area contributed by atoms with Gasteiger partial charge in [-0.3, -0.25) is 4.79 Å². The Labute approximate surface area is 82.9 Å². The third kappa shape index (κ3) is 1.85. The quantitative estimate of drug-likeness (QED) is 0.673. The van der Waals surface area contributed by atoms with Crippen molar-refractivity contribution in [1.29, 1.82) is 0 Å². The summed E-state index contributed by atoms with van der Waals surface area (Å²) in [6, 6.07) is 0. The largest absolute Gasteiger partial charge is 0.361 e. The number of aldehydes is 1. The van der Waals surface area contributed by atoms with Gasteiger partial charge in [0.1, 0.15) is 5.76 Å². The van der Waals surface area contributed by atoms with Crippen LogP contribution in [-0.2, 0) is 6.42 Å². The van der Waals surface area contributed by atoms with E-state index in [0.29, 0.717) is 11.5 Å². The van der Waals surface area contributed by atoms with Crippen molar-refractivity contribution >= 4 is 6.29 Å². The van der Waals surface area contributed by atoms with Crippen molar-refractivity contribution in [2.45, 2.75) is 12.8 Å². The molecular weight excluding hydrogens is 180 g/mol. The van der Waals surface area contributed by atoms with Gasteiger partial charge >= 0.3 is 0 Å². The van der Waals surface area contributed by atoms with Crippen molar-refractivity contribution in [1.82, 2.24) is 10.1 Å². The molecule has 0 N–H and O–H groups in total. The molecule has 1 saturated heterocycles. The second-order valence-corrected chi connectivity index (χ2v) is 3.94. The van der Waals surface area contributed by atoms with Crippen LogP contribution in [0.15, 0.2) is 10.7 Å². The molecule has 1 aliphatic heterocycles. The summed E-state index contributed by atoms with van der Waals surface area (Å²) in [4.78, 5) is 12.9. The lowest BCUT2D eigenvalue weighted by molar-refractivity contribution is 0.112. The minimum atomic E-state index is 0.597. The molecule has 4 heteroatoms. The van der Waals surface area contributed by atoms with Gasteiger partial charge in [0, 0.05) is 13.0 Å². The van der Waals surface area contributed by atoms with E-state index < -0.39 is 0 Å². The monoisotopic (exact) mass is 194 g/mol. The van der Waals surface area contributed by atoms with Gasteiger partial charge in [0.05, 0.1) is 11.8 Å². The zero-order valence-electron chi connectivity index (χ0n) is 8.27. The molecule has 0 spiro atoms. The number of hydrogen-bond acceptors (Lipinski definition) is 4. The highest BCUT2D eigenvalue weighted by molar-refractivity contribution is 5.75. The molecule has 0 amide bonds. The van der Waals surface area contributed by atoms with E-state index in [4.69, 9.17) is 4.52 Å². The lowest BCUT2D eigenvalue weighted by atomic mass is 10.0. The Morgan fingerprint density at radius 1 is 1.79 bits per heavy atom. The summed E-state index contributed by atoms with van der Waals surface area (Å²) in [5.74, 6) is 1.34. The summed E-state index contributed by atoms with van der Waals surface area (Å²) in [6.45, 7) is 2.22. The van der Waals surface area contributed by atoms with Crippen molar-refractivity contribution in [2.24, 2.45) is 5.92 Å². The van der Waals surface area contributed by atoms with Crippen molar-refractivity contribution in [3.8, 4) is 0 Å². The summed E-state index contributed by atoms with van der Waals surface area (Å²) >= 11 is 0. The minimum Gasteiger partial charge on any atom is -0.361 e. The molecule has 1 aromatic rings. The van der Waals surface area contributed by atoms with Crippen LogP contribution in [0.25, 0.3) is 0 Å². The van der Waals surface area contributed by atoms with Crippen LogP contribution in [0, 0.1) is 5.92 Å². The molecule has 1 fully saturated rings. The van der Waals surface area contributed by atoms with E-state index in [-0.39, 0.29) is 0 Å². The molecular formula is C10H14N2O2. The minimum absolute atomic E-state index is 0.597. The maximum atomic E-state index is 10.6. The Hall–Kier alpha value is -1.16. The third-order valence-electron chi connectivity index (χ3n) is 2.77. The van der Waals surface area contributed by atoms with Crippen LogP contribution >= 0.6 is 0 Å². The van der Waals surface area contributed by atoms with Gasteiger partial charge in [-0.05, 0) is 25.9 Å². The van der Waals surface area contributed by atoms with Crippen LogP contribution in [0.2, 0.25) is 0 Å². The fraction of sp³-hybridized carbons (Fsp3) is 0.600. The van der Waals surface area contributed by atoms with Gasteiger partial charge in [0.25, 0.3) is 0 Å². The molecule has 1 aromatic heterocycles. The number of hydrogen-bond donors (Lipinski definition) is 0. The zero-order valence-corrected chi connectivity index (χ0v) is 8.27. The van der Waals surface area contributed by atoms with Crippen LogP contribution < -0.4 is 0 Å². The first-order valence-corrected chi connectivity index (χ1v) is 4.87. The smallest absolute Gasteiger partial charge is 0.155 e. The van der Waals surface area contributed by atoms with Crippen LogP contribution in [0.4, 0.5) is 0 Å². The van der Waals surface area contributed by atoms with E-state index in [9.17, 15) is 4.79 Å². The fourth-order valence-corrected chi connectivity index (χ4v) is 1.98. The second-order valence-electron chi connectivity index (χ2n) is 3.94. The Morgan fingerprint density at radius 3 is 3.29 bits per heavy atom. The molecule has 0 aliphatic carbocycles. The second kappa shape index (κ2) is 3.92. The van der Waals surface area contributed by atoms with Crippen molar-refractivity contribution in [3.63, 3.8) is 0 Å². The van der Waals surface area contributed by atoms with E-state index in [1.807, 2.05) is 0 Å². The highest BCUT2D eigenvalue weighted by Gasteiger charge is 2.22. The topological polar surface area (TPSA) is 46.3 Å². The van der Waals surface area contributed by atoms with Gasteiger partial charge in [-0.2, -0.15) is 0 Å². The van der Waals surface area contributed by atoms with Gasteiger partial charge in [-0.1, -0.05) is 5.16 Å². The molecule has 0 saturated carbocycles. The van der Waals surface area contributed by atoms with Gasteiger partial charge < -0.3 is 9.42 Å². The summed E-state index contributed by atoms with van der Waals surface area (Å²) in [6.07, 6.45) is 4.30. The Morgan fingerprint density at radius 2 is 2.64 bits per heavy atom. The fourth-order valence-electron chi connectivity index (χ4n) is 1.98. The first-order valence-electron chi connectivity index (χ1n) is 4.87. The van der Waals surface area contributed by atoms with Gasteiger partial charge in [0.2, 0.25) is 0 Å². The average Bonchev–Trinajstić information content (AvgIpc) is 2.76. The van der Waals surface area contributed by atoms with Crippen molar-refractivity contribution in [3.05, 3.63) is 17.5 Å². The summed E-state index contributed by atoms with van der Waals surface area (Å²) < 4.78 is 5.05. The number of rotatable bonds is 3. The van der Waals surface area contributed by atoms with Crippen LogP contribution in [0.5, 0.6) is 0 Å². The predicted octanol–water partition coefficient (Wildman–Crippen LogP) is 0.981. The molecule has 4 nitrogen and oxygen atoms in total. The van der Waals surface area contributed by atoms with E-state index in [1.165, 1.54) is 12.6 Å². The molecule has 2 heterocycles. The molecule has 0 radical (unpaired) electrons. The number of likely N-dealkylation sites (tertiary alicyclic amines) is 1. The molecule has 76 valence electrons. The molecule has 0 bridgehead atoms. The summed E-state index contributed by atoms with van der Waals surface area (Å²) in [5.41, 5.74) is 0.597. The van der Waals surface area contributed by atoms with Gasteiger partial charge in [-0.25, -0.2) is 0 Å². The van der Waals surface area contributed by atoms with Crippen molar-refractivity contribution < 1.29 is 9.32 Å². The normalized spacial score (nSPS) is 22.8. The summed E-state index contributed by atoms with van der Waals surface area (Å²) in [7, 11) is 2.11. The first-order chi connectivity index (χ1) is 6.79. The highest BCUT2D eigenvalue weighted by Crippen LogP contribution is 2.20. The molecule has 2 rings (SSSR count). The highest BCUT2D eigenvalue weighted by atomic mass is 16.5. The number of carbonyl (C=O) groups excluding carboxylic acids is 1. The zero-order chi connectivity index (χ0) is 9.97. The molecule has 14 heavy (non-hydrogen) atoms. The van der Waals surface area contributed by atoms with Crippen LogP contribution in [0.1, 0.15) is 22.5 Å². The molecule has 1 atom stereocenters. The lowest BCUT2D eigenvalue weighted by Gasteiger charge is -2.07. The SMILES string of the molecule is CN1CCC(Cc2oncc2C=O)C1. The molecule has 1 aliphatic rings. The number of carbonyl (C=O) groups is 1. The average molecular weight is 194 g/mol. The van der Waals surface area contributed by atoms with E-state index >= 15 is 0 Å². The van der Waals surface area contributed by atoms with Gasteiger partial charge in [0.15, 0.2) is 6.29 Å². The summed E-state index contributed by atoms with van der Waals surface area (Å²) in [5, 5.41) is 3.63. The maximum Gasteiger partial charge on any atom is 0.155 e. The van der Waals surface area contributed by atoms with Crippen molar-refractivity contribution in [2.75, 3.05) is 20.1 Å². The standard InChI is InChI=1S/C10H14N2O2/c1-12-3-2-8(6-12)4-10-9(7-13)5-11-14-10/h5,7-8H,2-4,6H2,1H3. The Balaban J connectivity index is 2.00. The van der Waals surface area contributed by atoms with Gasteiger partial charge in [-0.15, -0.1) is 0 Å². The Kier molecular flexibility index (Phi) is 2.63. The Bertz CT molecular complexity index is 322. The number of nitrogens with zero attached hydrogens (tertiary/aromatic N) is 2. The lowest BCUT2D eigenvalue weighted by Crippen LogP contribution is -2.15. The van der Waals surface area contributed by atoms with Crippen LogP contribution in [-0.4, -0.2) is 36.5 Å². The third-order valence-corrected chi connectivity index (χ3v) is 2.77. The van der Waals surface area contributed by atoms with E-state index in [2.05, 4.69) is 17.1 Å². The van der Waals surface area contributed by atoms with E-state index in [0.717, 1.165) is 31.6 Å². The predicted molar refractivity (Wildman–Crippen MR) is 51.2 cm³/mol. The van der Waals surface area contributed by atoms with E-state index in [1.54, 1.807) is 0 Å². The maximum absolute atomic E-state index is 10.6. The first kappa shape index (κ1) is 9.40. The molecule has 1 unspecified atom stereocenters. The van der Waals surface area contributed by atoms with Crippen LogP contribution in [0.3, 0.4) is 0 Å². The number of aromatic nitrogens is 1.